The Kier molecular flexibility index (Phi) is 52.8. The summed E-state index contributed by atoms with van der Waals surface area (Å²) in [5, 5.41) is 0. The molecular weight excluding hydrogens is 829 g/mol. The SMILES string of the molecule is CCCCC/C=C\C/C=C\C/C=C\C/C=C\CCCC(=O)OC[C@H](COC(=O)CCCCCCCCC/C=C\C/C=C\CCCCC)OC(=O)CCCCCCCCCCCCCCCCC. The van der Waals surface area contributed by atoms with Crippen molar-refractivity contribution in [1.82, 2.24) is 0 Å². The molecule has 0 aromatic rings. The van der Waals surface area contributed by atoms with Crippen LogP contribution in [-0.4, -0.2) is 37.2 Å². The number of esters is 3. The molecule has 0 aromatic heterocycles. The highest BCUT2D eigenvalue weighted by molar-refractivity contribution is 5.71. The molecule has 0 heterocycles. The minimum atomic E-state index is -0.799. The van der Waals surface area contributed by atoms with E-state index in [9.17, 15) is 14.4 Å². The minimum absolute atomic E-state index is 0.0946. The van der Waals surface area contributed by atoms with E-state index in [0.29, 0.717) is 19.3 Å². The van der Waals surface area contributed by atoms with Gasteiger partial charge in [0.25, 0.3) is 0 Å². The first-order chi connectivity index (χ1) is 33.0. The van der Waals surface area contributed by atoms with E-state index >= 15 is 0 Å². The van der Waals surface area contributed by atoms with E-state index in [0.717, 1.165) is 77.0 Å². The number of carbonyl (C=O) groups excluding carboxylic acids is 3. The van der Waals surface area contributed by atoms with Gasteiger partial charge in [-0.2, -0.15) is 0 Å². The third-order valence-electron chi connectivity index (χ3n) is 12.2. The van der Waals surface area contributed by atoms with Crippen molar-refractivity contribution in [3.63, 3.8) is 0 Å². The maximum atomic E-state index is 12.8. The van der Waals surface area contributed by atoms with Crippen LogP contribution in [-0.2, 0) is 28.6 Å². The van der Waals surface area contributed by atoms with Gasteiger partial charge in [-0.3, -0.25) is 14.4 Å². The Balaban J connectivity index is 4.46. The van der Waals surface area contributed by atoms with Crippen molar-refractivity contribution in [2.75, 3.05) is 13.2 Å². The summed E-state index contributed by atoms with van der Waals surface area (Å²) >= 11 is 0. The third-order valence-corrected chi connectivity index (χ3v) is 12.2. The number of rotatable bonds is 51. The lowest BCUT2D eigenvalue weighted by Gasteiger charge is -2.18. The normalized spacial score (nSPS) is 12.6. The van der Waals surface area contributed by atoms with Crippen LogP contribution in [0.5, 0.6) is 0 Å². The first kappa shape index (κ1) is 63.8. The molecule has 0 saturated heterocycles. The smallest absolute Gasteiger partial charge is 0.306 e. The molecule has 0 aliphatic rings. The predicted octanol–water partition coefficient (Wildman–Crippen LogP) is 19.0. The number of unbranched alkanes of at least 4 members (excludes halogenated alkanes) is 28. The van der Waals surface area contributed by atoms with Gasteiger partial charge in [0.15, 0.2) is 6.10 Å². The Bertz CT molecular complexity index is 1260. The zero-order valence-electron chi connectivity index (χ0n) is 44.2. The van der Waals surface area contributed by atoms with Crippen LogP contribution in [0.2, 0.25) is 0 Å². The number of ether oxygens (including phenoxy) is 3. The van der Waals surface area contributed by atoms with E-state index in [1.165, 1.54) is 154 Å². The van der Waals surface area contributed by atoms with Gasteiger partial charge in [0.2, 0.25) is 0 Å². The lowest BCUT2D eigenvalue weighted by atomic mass is 10.0. The lowest BCUT2D eigenvalue weighted by molar-refractivity contribution is -0.167. The molecule has 0 N–H and O–H groups in total. The van der Waals surface area contributed by atoms with E-state index in [1.807, 2.05) is 0 Å². The molecule has 0 unspecified atom stereocenters. The Hall–Kier alpha value is -3.15. The Labute approximate surface area is 414 Å². The monoisotopic (exact) mass is 935 g/mol. The molecule has 0 spiro atoms. The van der Waals surface area contributed by atoms with Crippen molar-refractivity contribution in [2.24, 2.45) is 0 Å². The molecule has 0 radical (unpaired) electrons. The summed E-state index contributed by atoms with van der Waals surface area (Å²) in [6, 6.07) is 0. The molecule has 0 aliphatic heterocycles. The van der Waals surface area contributed by atoms with Gasteiger partial charge in [-0.15, -0.1) is 0 Å². The summed E-state index contributed by atoms with van der Waals surface area (Å²) in [6.45, 7) is 6.55. The largest absolute Gasteiger partial charge is 0.462 e. The van der Waals surface area contributed by atoms with Crippen molar-refractivity contribution < 1.29 is 28.6 Å². The van der Waals surface area contributed by atoms with Crippen LogP contribution in [0.25, 0.3) is 0 Å². The van der Waals surface area contributed by atoms with Crippen LogP contribution in [0, 0.1) is 0 Å². The first-order valence-corrected chi connectivity index (χ1v) is 28.4. The topological polar surface area (TPSA) is 78.9 Å². The van der Waals surface area contributed by atoms with Gasteiger partial charge in [0.05, 0.1) is 0 Å². The van der Waals surface area contributed by atoms with Gasteiger partial charge < -0.3 is 14.2 Å². The van der Waals surface area contributed by atoms with E-state index in [-0.39, 0.29) is 37.5 Å². The zero-order valence-corrected chi connectivity index (χ0v) is 44.2. The fraction of sp³-hybridized carbons (Fsp3) is 0.754. The summed E-state index contributed by atoms with van der Waals surface area (Å²) in [5.74, 6) is -0.951. The van der Waals surface area contributed by atoms with Crippen molar-refractivity contribution >= 4 is 17.9 Å². The summed E-state index contributed by atoms with van der Waals surface area (Å²) in [6.07, 6.45) is 70.3. The Morgan fingerprint density at radius 2 is 0.552 bits per heavy atom. The van der Waals surface area contributed by atoms with Crippen LogP contribution in [0.1, 0.15) is 278 Å². The van der Waals surface area contributed by atoms with Crippen LogP contribution in [0.3, 0.4) is 0 Å². The standard InChI is InChI=1S/C61H106O6/c1-4-7-10-13-16-19-22-25-28-30-33-35-38-41-44-47-50-53-59(62)65-56-58(67-61(64)55-52-49-46-43-40-37-32-27-24-21-18-15-12-9-6-3)57-66-60(63)54-51-48-45-42-39-36-34-31-29-26-23-20-17-14-11-8-5-2/h16-17,19-20,25-26,28-29,33,35,41,44,58H,4-15,18,21-24,27,30-32,34,36-40,42-43,45-57H2,1-3H3/b19-16-,20-17-,28-25-,29-26-,35-33-,44-41-/t58-/m1/s1. The van der Waals surface area contributed by atoms with Crippen LogP contribution in [0.15, 0.2) is 72.9 Å². The predicted molar refractivity (Wildman–Crippen MR) is 288 cm³/mol. The summed E-state index contributed by atoms with van der Waals surface area (Å²) in [5.41, 5.74) is 0. The summed E-state index contributed by atoms with van der Waals surface area (Å²) in [7, 11) is 0. The quantitative estimate of drug-likeness (QED) is 0.0262. The maximum Gasteiger partial charge on any atom is 0.306 e. The lowest BCUT2D eigenvalue weighted by Crippen LogP contribution is -2.30. The molecule has 0 saturated carbocycles. The molecule has 0 aromatic carbocycles. The fourth-order valence-electron chi connectivity index (χ4n) is 7.88. The average molecular weight is 936 g/mol. The van der Waals surface area contributed by atoms with Crippen LogP contribution >= 0.6 is 0 Å². The van der Waals surface area contributed by atoms with E-state index in [2.05, 4.69) is 93.7 Å². The minimum Gasteiger partial charge on any atom is -0.462 e. The summed E-state index contributed by atoms with van der Waals surface area (Å²) in [4.78, 5) is 38.1. The van der Waals surface area contributed by atoms with Gasteiger partial charge in [-0.05, 0) is 89.9 Å². The molecule has 67 heavy (non-hydrogen) atoms. The molecule has 0 amide bonds. The van der Waals surface area contributed by atoms with Gasteiger partial charge in [-0.25, -0.2) is 0 Å². The van der Waals surface area contributed by atoms with Gasteiger partial charge in [-0.1, -0.05) is 241 Å². The van der Waals surface area contributed by atoms with Crippen LogP contribution in [0.4, 0.5) is 0 Å². The molecule has 6 nitrogen and oxygen atoms in total. The second-order valence-corrected chi connectivity index (χ2v) is 18.8. The van der Waals surface area contributed by atoms with Crippen LogP contribution < -0.4 is 0 Å². The Morgan fingerprint density at radius 1 is 0.299 bits per heavy atom. The highest BCUT2D eigenvalue weighted by Gasteiger charge is 2.19. The molecule has 0 fully saturated rings. The second-order valence-electron chi connectivity index (χ2n) is 18.8. The maximum absolute atomic E-state index is 12.8. The van der Waals surface area contributed by atoms with E-state index in [1.54, 1.807) is 0 Å². The molecule has 386 valence electrons. The van der Waals surface area contributed by atoms with Gasteiger partial charge in [0.1, 0.15) is 13.2 Å². The van der Waals surface area contributed by atoms with Crippen molar-refractivity contribution in [3.8, 4) is 0 Å². The molecule has 0 bridgehead atoms. The highest BCUT2D eigenvalue weighted by Crippen LogP contribution is 2.15. The summed E-state index contributed by atoms with van der Waals surface area (Å²) < 4.78 is 16.8. The zero-order chi connectivity index (χ0) is 48.6. The van der Waals surface area contributed by atoms with Crippen molar-refractivity contribution in [3.05, 3.63) is 72.9 Å². The molecule has 0 rings (SSSR count). The van der Waals surface area contributed by atoms with Gasteiger partial charge in [0, 0.05) is 19.3 Å². The number of hydrogen-bond donors (Lipinski definition) is 0. The number of hydrogen-bond acceptors (Lipinski definition) is 6. The molecule has 6 heteroatoms. The third kappa shape index (κ3) is 53.7. The van der Waals surface area contributed by atoms with Gasteiger partial charge >= 0.3 is 17.9 Å². The molecular formula is C61H106O6. The van der Waals surface area contributed by atoms with Crippen molar-refractivity contribution in [2.45, 2.75) is 284 Å². The molecule has 1 atom stereocenters. The fourth-order valence-corrected chi connectivity index (χ4v) is 7.88. The van der Waals surface area contributed by atoms with E-state index in [4.69, 9.17) is 14.2 Å². The first-order valence-electron chi connectivity index (χ1n) is 28.4. The Morgan fingerprint density at radius 3 is 0.925 bits per heavy atom. The number of allylic oxidation sites excluding steroid dienone is 12. The van der Waals surface area contributed by atoms with Crippen molar-refractivity contribution in [1.29, 1.82) is 0 Å². The average Bonchev–Trinajstić information content (AvgIpc) is 3.33. The molecule has 0 aliphatic carbocycles. The van der Waals surface area contributed by atoms with E-state index < -0.39 is 6.10 Å². The number of carbonyl (C=O) groups is 3. The second kappa shape index (κ2) is 55.4. The highest BCUT2D eigenvalue weighted by atomic mass is 16.6.